The standard InChI is InChI=1S/C53H101NO5/c1-4-7-10-13-16-19-22-24-25-26-28-30-32-35-38-41-44-49(59-53(58)46-43-40-37-34-31-27-23-20-17-14-11-8-5-2)47-52(57)54-50(48-55)51(56)45-42-39-36-33-29-21-18-15-12-9-6-3/h25-26,28,30,49-51,55-56H,4-24,27,29,31-48H2,1-3H3,(H,54,57)/b26-25+,30-28+. The van der Waals surface area contributed by atoms with Gasteiger partial charge in [0.05, 0.1) is 25.2 Å². The Morgan fingerprint density at radius 3 is 1.27 bits per heavy atom. The van der Waals surface area contributed by atoms with E-state index < -0.39 is 18.2 Å². The molecular formula is C53H101NO5. The molecule has 0 aromatic rings. The molecule has 0 aliphatic carbocycles. The van der Waals surface area contributed by atoms with E-state index in [1.165, 1.54) is 161 Å². The summed E-state index contributed by atoms with van der Waals surface area (Å²) in [4.78, 5) is 26.1. The molecule has 0 aromatic carbocycles. The largest absolute Gasteiger partial charge is 0.462 e. The van der Waals surface area contributed by atoms with Crippen molar-refractivity contribution < 1.29 is 24.5 Å². The second-order valence-corrected chi connectivity index (χ2v) is 18.0. The van der Waals surface area contributed by atoms with Gasteiger partial charge in [0, 0.05) is 6.42 Å². The second-order valence-electron chi connectivity index (χ2n) is 18.0. The van der Waals surface area contributed by atoms with Crippen LogP contribution in [-0.4, -0.2) is 46.9 Å². The van der Waals surface area contributed by atoms with E-state index in [1.807, 2.05) is 0 Å². The molecule has 0 aromatic heterocycles. The number of aliphatic hydroxyl groups is 2. The molecule has 3 N–H and O–H groups in total. The number of carbonyl (C=O) groups excluding carboxylic acids is 2. The van der Waals surface area contributed by atoms with Gasteiger partial charge in [0.15, 0.2) is 0 Å². The third-order valence-electron chi connectivity index (χ3n) is 12.1. The fraction of sp³-hybridized carbons (Fsp3) is 0.887. The topological polar surface area (TPSA) is 95.9 Å². The third-order valence-corrected chi connectivity index (χ3v) is 12.1. The number of carbonyl (C=O) groups is 2. The highest BCUT2D eigenvalue weighted by Gasteiger charge is 2.24. The summed E-state index contributed by atoms with van der Waals surface area (Å²) < 4.78 is 5.92. The first-order valence-corrected chi connectivity index (χ1v) is 26.1. The first kappa shape index (κ1) is 57.3. The average Bonchev–Trinajstić information content (AvgIpc) is 3.23. The summed E-state index contributed by atoms with van der Waals surface area (Å²) >= 11 is 0. The van der Waals surface area contributed by atoms with Crippen molar-refractivity contribution in [1.29, 1.82) is 0 Å². The number of hydrogen-bond donors (Lipinski definition) is 3. The van der Waals surface area contributed by atoms with Crippen LogP contribution < -0.4 is 5.32 Å². The molecule has 59 heavy (non-hydrogen) atoms. The number of amides is 1. The highest BCUT2D eigenvalue weighted by atomic mass is 16.5. The molecule has 348 valence electrons. The van der Waals surface area contributed by atoms with Gasteiger partial charge in [0.25, 0.3) is 0 Å². The van der Waals surface area contributed by atoms with Crippen LogP contribution >= 0.6 is 0 Å². The summed E-state index contributed by atoms with van der Waals surface area (Å²) in [5.41, 5.74) is 0. The molecule has 0 aliphatic heterocycles. The van der Waals surface area contributed by atoms with E-state index in [2.05, 4.69) is 50.4 Å². The molecule has 0 spiro atoms. The molecule has 6 heteroatoms. The minimum atomic E-state index is -0.790. The number of esters is 1. The van der Waals surface area contributed by atoms with Gasteiger partial charge in [0.2, 0.25) is 5.91 Å². The zero-order valence-corrected chi connectivity index (χ0v) is 39.7. The van der Waals surface area contributed by atoms with Crippen molar-refractivity contribution in [3.63, 3.8) is 0 Å². The van der Waals surface area contributed by atoms with Crippen LogP contribution in [0.25, 0.3) is 0 Å². The van der Waals surface area contributed by atoms with Crippen LogP contribution in [0.15, 0.2) is 24.3 Å². The van der Waals surface area contributed by atoms with Gasteiger partial charge in [-0.25, -0.2) is 0 Å². The van der Waals surface area contributed by atoms with Gasteiger partial charge in [-0.2, -0.15) is 0 Å². The zero-order valence-electron chi connectivity index (χ0n) is 39.7. The Morgan fingerprint density at radius 1 is 0.492 bits per heavy atom. The first-order valence-electron chi connectivity index (χ1n) is 26.1. The van der Waals surface area contributed by atoms with Crippen LogP contribution in [0.4, 0.5) is 0 Å². The first-order chi connectivity index (χ1) is 29.0. The van der Waals surface area contributed by atoms with Crippen LogP contribution in [0.2, 0.25) is 0 Å². The number of allylic oxidation sites excluding steroid dienone is 4. The predicted molar refractivity (Wildman–Crippen MR) is 255 cm³/mol. The van der Waals surface area contributed by atoms with Crippen LogP contribution in [0, 0.1) is 0 Å². The molecule has 0 rings (SSSR count). The molecule has 0 aliphatic rings. The van der Waals surface area contributed by atoms with Gasteiger partial charge in [-0.15, -0.1) is 0 Å². The maximum atomic E-state index is 13.2. The van der Waals surface area contributed by atoms with Gasteiger partial charge < -0.3 is 20.3 Å². The van der Waals surface area contributed by atoms with Crippen molar-refractivity contribution in [2.45, 2.75) is 296 Å². The van der Waals surface area contributed by atoms with Gasteiger partial charge in [-0.1, -0.05) is 238 Å². The summed E-state index contributed by atoms with van der Waals surface area (Å²) in [6.07, 6.45) is 53.8. The van der Waals surface area contributed by atoms with Crippen LogP contribution in [0.3, 0.4) is 0 Å². The monoisotopic (exact) mass is 832 g/mol. The maximum Gasteiger partial charge on any atom is 0.306 e. The van der Waals surface area contributed by atoms with Gasteiger partial charge in [-0.3, -0.25) is 9.59 Å². The van der Waals surface area contributed by atoms with Crippen LogP contribution in [-0.2, 0) is 14.3 Å². The Hall–Kier alpha value is -1.66. The molecule has 0 fully saturated rings. The van der Waals surface area contributed by atoms with Crippen molar-refractivity contribution in [3.05, 3.63) is 24.3 Å². The lowest BCUT2D eigenvalue weighted by Gasteiger charge is -2.24. The molecule has 6 nitrogen and oxygen atoms in total. The SMILES string of the molecule is CCCCCCCCC/C=C/C=C/CCCCCC(CC(=O)NC(CO)C(O)CCCCCCCCCCCCC)OC(=O)CCCCCCCCCCCCCCC. The molecule has 3 unspecified atom stereocenters. The Morgan fingerprint density at radius 2 is 0.847 bits per heavy atom. The number of aliphatic hydroxyl groups excluding tert-OH is 2. The Balaban J connectivity index is 4.61. The molecule has 3 atom stereocenters. The summed E-state index contributed by atoms with van der Waals surface area (Å²) in [6, 6.07) is -0.704. The van der Waals surface area contributed by atoms with Crippen molar-refractivity contribution in [2.75, 3.05) is 6.61 Å². The molecule has 0 heterocycles. The maximum absolute atomic E-state index is 13.2. The van der Waals surface area contributed by atoms with E-state index in [0.29, 0.717) is 19.3 Å². The van der Waals surface area contributed by atoms with E-state index in [4.69, 9.17) is 4.74 Å². The highest BCUT2D eigenvalue weighted by molar-refractivity contribution is 5.77. The van der Waals surface area contributed by atoms with Crippen LogP contribution in [0.5, 0.6) is 0 Å². The average molecular weight is 832 g/mol. The molecule has 0 radical (unpaired) electrons. The van der Waals surface area contributed by atoms with E-state index >= 15 is 0 Å². The number of rotatable bonds is 47. The Bertz CT molecular complexity index is 935. The molecule has 0 saturated heterocycles. The van der Waals surface area contributed by atoms with Crippen molar-refractivity contribution >= 4 is 11.9 Å². The van der Waals surface area contributed by atoms with E-state index in [0.717, 1.165) is 70.6 Å². The lowest BCUT2D eigenvalue weighted by molar-refractivity contribution is -0.151. The fourth-order valence-corrected chi connectivity index (χ4v) is 8.07. The third kappa shape index (κ3) is 42.8. The van der Waals surface area contributed by atoms with E-state index in [1.54, 1.807) is 0 Å². The number of ether oxygens (including phenoxy) is 1. The predicted octanol–water partition coefficient (Wildman–Crippen LogP) is 15.5. The van der Waals surface area contributed by atoms with Crippen molar-refractivity contribution in [2.24, 2.45) is 0 Å². The number of unbranched alkanes of at least 4 members (excludes halogenated alkanes) is 32. The smallest absolute Gasteiger partial charge is 0.306 e. The molecule has 0 saturated carbocycles. The Labute approximate surface area is 367 Å². The lowest BCUT2D eigenvalue weighted by atomic mass is 10.0. The van der Waals surface area contributed by atoms with Gasteiger partial charge in [-0.05, 0) is 51.4 Å². The molecule has 1 amide bonds. The summed E-state index contributed by atoms with van der Waals surface area (Å²) in [5.74, 6) is -0.487. The molecular weight excluding hydrogens is 731 g/mol. The van der Waals surface area contributed by atoms with E-state index in [9.17, 15) is 19.8 Å². The zero-order chi connectivity index (χ0) is 43.1. The second kappa shape index (κ2) is 47.4. The minimum absolute atomic E-state index is 0.0649. The van der Waals surface area contributed by atoms with Crippen molar-refractivity contribution in [1.82, 2.24) is 5.32 Å². The normalized spacial score (nSPS) is 13.4. The van der Waals surface area contributed by atoms with Gasteiger partial charge in [0.1, 0.15) is 6.10 Å². The molecule has 0 bridgehead atoms. The summed E-state index contributed by atoms with van der Waals surface area (Å²) in [6.45, 7) is 6.48. The number of hydrogen-bond acceptors (Lipinski definition) is 5. The van der Waals surface area contributed by atoms with Crippen molar-refractivity contribution in [3.8, 4) is 0 Å². The van der Waals surface area contributed by atoms with Crippen LogP contribution in [0.1, 0.15) is 278 Å². The van der Waals surface area contributed by atoms with E-state index in [-0.39, 0.29) is 24.9 Å². The van der Waals surface area contributed by atoms with Gasteiger partial charge >= 0.3 is 5.97 Å². The number of nitrogens with one attached hydrogen (secondary N) is 1. The fourth-order valence-electron chi connectivity index (χ4n) is 8.07. The summed E-state index contributed by atoms with van der Waals surface area (Å²) in [5, 5.41) is 23.7. The quantitative estimate of drug-likeness (QED) is 0.0322. The Kier molecular flexibility index (Phi) is 46.1. The minimum Gasteiger partial charge on any atom is -0.462 e. The summed E-state index contributed by atoms with van der Waals surface area (Å²) in [7, 11) is 0. The lowest BCUT2D eigenvalue weighted by Crippen LogP contribution is -2.46. The highest BCUT2D eigenvalue weighted by Crippen LogP contribution is 2.18.